The molecule has 186 valence electrons. The number of imide groups is 1. The molecule has 6 nitrogen and oxygen atoms in total. The van der Waals surface area contributed by atoms with Crippen LogP contribution in [0, 0.1) is 25.7 Å². The minimum atomic E-state index is -1.15. The molecule has 0 aromatic heterocycles. The van der Waals surface area contributed by atoms with Crippen LogP contribution in [0.3, 0.4) is 0 Å². The second kappa shape index (κ2) is 9.97. The second-order valence-corrected chi connectivity index (χ2v) is 9.58. The Bertz CT molecular complexity index is 1400. The SMILES string of the molecule is Cc1ccc(C(=O)[C@H](OC(=O)c2cccc(N3C(=O)[C@H]4CC=CC[C@H]4C3=O)c2)c2ccccc2)cc1C. The zero-order chi connectivity index (χ0) is 26.1. The van der Waals surface area contributed by atoms with E-state index in [-0.39, 0.29) is 35.0 Å². The number of hydrogen-bond donors (Lipinski definition) is 0. The lowest BCUT2D eigenvalue weighted by atomic mass is 9.85. The van der Waals surface area contributed by atoms with Gasteiger partial charge in [-0.15, -0.1) is 0 Å². The fourth-order valence-electron chi connectivity index (χ4n) is 4.95. The van der Waals surface area contributed by atoms with Crippen LogP contribution in [-0.4, -0.2) is 23.6 Å². The normalized spacial score (nSPS) is 19.5. The number of ether oxygens (including phenoxy) is 1. The van der Waals surface area contributed by atoms with E-state index in [1.54, 1.807) is 54.6 Å². The average Bonchev–Trinajstić information content (AvgIpc) is 3.18. The van der Waals surface area contributed by atoms with Crippen LogP contribution < -0.4 is 4.90 Å². The minimum Gasteiger partial charge on any atom is -0.445 e. The van der Waals surface area contributed by atoms with E-state index < -0.39 is 12.1 Å². The molecule has 1 aliphatic carbocycles. The molecule has 5 rings (SSSR count). The molecule has 0 spiro atoms. The molecule has 3 atom stereocenters. The summed E-state index contributed by atoms with van der Waals surface area (Å²) in [6.07, 6.45) is 3.78. The third-order valence-electron chi connectivity index (χ3n) is 7.20. The van der Waals surface area contributed by atoms with Crippen LogP contribution in [0.5, 0.6) is 0 Å². The van der Waals surface area contributed by atoms with Crippen molar-refractivity contribution in [1.29, 1.82) is 0 Å². The highest BCUT2D eigenvalue weighted by Gasteiger charge is 2.47. The van der Waals surface area contributed by atoms with Gasteiger partial charge in [0.05, 0.1) is 23.1 Å². The molecule has 3 aromatic rings. The van der Waals surface area contributed by atoms with Crippen LogP contribution in [0.4, 0.5) is 5.69 Å². The second-order valence-electron chi connectivity index (χ2n) is 9.58. The van der Waals surface area contributed by atoms with Gasteiger partial charge < -0.3 is 4.74 Å². The van der Waals surface area contributed by atoms with E-state index in [0.29, 0.717) is 29.7 Å². The lowest BCUT2D eigenvalue weighted by molar-refractivity contribution is -0.122. The predicted molar refractivity (Wildman–Crippen MR) is 139 cm³/mol. The molecule has 6 heteroatoms. The maximum Gasteiger partial charge on any atom is 0.339 e. The van der Waals surface area contributed by atoms with Crippen molar-refractivity contribution in [2.45, 2.75) is 32.8 Å². The molecule has 2 aliphatic rings. The third kappa shape index (κ3) is 4.62. The highest BCUT2D eigenvalue weighted by molar-refractivity contribution is 6.22. The molecule has 1 fully saturated rings. The van der Waals surface area contributed by atoms with Crippen LogP contribution in [0.2, 0.25) is 0 Å². The average molecular weight is 494 g/mol. The quantitative estimate of drug-likeness (QED) is 0.195. The van der Waals surface area contributed by atoms with Gasteiger partial charge in [-0.05, 0) is 62.1 Å². The fourth-order valence-corrected chi connectivity index (χ4v) is 4.95. The molecule has 0 unspecified atom stereocenters. The Balaban J connectivity index is 1.43. The number of fused-ring (bicyclic) bond motifs is 1. The molecule has 37 heavy (non-hydrogen) atoms. The molecule has 0 bridgehead atoms. The first-order valence-corrected chi connectivity index (χ1v) is 12.4. The van der Waals surface area contributed by atoms with Crippen LogP contribution >= 0.6 is 0 Å². The Labute approximate surface area is 215 Å². The predicted octanol–water partition coefficient (Wildman–Crippen LogP) is 5.54. The van der Waals surface area contributed by atoms with Crippen molar-refractivity contribution < 1.29 is 23.9 Å². The maximum atomic E-state index is 13.5. The summed E-state index contributed by atoms with van der Waals surface area (Å²) in [5.74, 6) is -2.29. The number of ketones is 1. The molecule has 1 aliphatic heterocycles. The summed E-state index contributed by atoms with van der Waals surface area (Å²) in [7, 11) is 0. The van der Waals surface area contributed by atoms with Gasteiger partial charge >= 0.3 is 5.97 Å². The lowest BCUT2D eigenvalue weighted by Crippen LogP contribution is -2.31. The van der Waals surface area contributed by atoms with Gasteiger partial charge in [0.1, 0.15) is 0 Å². The molecule has 0 N–H and O–H groups in total. The Kier molecular flexibility index (Phi) is 6.57. The number of aryl methyl sites for hydroxylation is 2. The van der Waals surface area contributed by atoms with Crippen molar-refractivity contribution in [2.24, 2.45) is 11.8 Å². The number of anilines is 1. The number of carbonyl (C=O) groups excluding carboxylic acids is 4. The molecular weight excluding hydrogens is 466 g/mol. The summed E-state index contributed by atoms with van der Waals surface area (Å²) in [5, 5.41) is 0. The highest BCUT2D eigenvalue weighted by Crippen LogP contribution is 2.38. The Hall–Kier alpha value is -4.32. The van der Waals surface area contributed by atoms with Crippen molar-refractivity contribution in [3.05, 3.63) is 113 Å². The maximum absolute atomic E-state index is 13.5. The molecular formula is C31H27NO5. The molecule has 1 saturated heterocycles. The number of Topliss-reactive ketones (excluding diaryl/α,β-unsaturated/α-hetero) is 1. The molecule has 2 amide bonds. The Morgan fingerprint density at radius 1 is 0.784 bits per heavy atom. The minimum absolute atomic E-state index is 0.153. The number of rotatable bonds is 6. The number of allylic oxidation sites excluding steroid dienone is 2. The number of esters is 1. The first-order valence-electron chi connectivity index (χ1n) is 12.4. The van der Waals surface area contributed by atoms with E-state index in [4.69, 9.17) is 4.74 Å². The molecule has 1 heterocycles. The smallest absolute Gasteiger partial charge is 0.339 e. The first kappa shape index (κ1) is 24.4. The van der Waals surface area contributed by atoms with Gasteiger partial charge in [0, 0.05) is 11.1 Å². The number of hydrogen-bond acceptors (Lipinski definition) is 5. The van der Waals surface area contributed by atoms with Gasteiger partial charge in [-0.1, -0.05) is 60.7 Å². The van der Waals surface area contributed by atoms with Crippen LogP contribution in [0.15, 0.2) is 84.9 Å². The summed E-state index contributed by atoms with van der Waals surface area (Å²) < 4.78 is 5.79. The summed E-state index contributed by atoms with van der Waals surface area (Å²) in [6.45, 7) is 3.89. The first-order chi connectivity index (χ1) is 17.8. The van der Waals surface area contributed by atoms with Crippen LogP contribution in [0.25, 0.3) is 0 Å². The Morgan fingerprint density at radius 3 is 2.11 bits per heavy atom. The van der Waals surface area contributed by atoms with Gasteiger partial charge in [0.15, 0.2) is 6.10 Å². The van der Waals surface area contributed by atoms with Crippen LogP contribution in [0.1, 0.15) is 56.4 Å². The molecule has 0 radical (unpaired) electrons. The standard InChI is InChI=1S/C31H27NO5/c1-19-15-16-22(17-20(19)2)27(33)28(21-9-4-3-5-10-21)37-31(36)23-11-8-12-24(18-23)32-29(34)25-13-6-7-14-26(25)30(32)35/h3-12,15-18,25-26,28H,13-14H2,1-2H3/t25-,26+,28-/m1/s1. The molecule has 3 aromatic carbocycles. The van der Waals surface area contributed by atoms with Gasteiger partial charge in [0.2, 0.25) is 17.6 Å². The summed E-state index contributed by atoms with van der Waals surface area (Å²) in [6, 6.07) is 20.5. The van der Waals surface area contributed by atoms with Crippen molar-refractivity contribution in [3.8, 4) is 0 Å². The largest absolute Gasteiger partial charge is 0.445 e. The zero-order valence-electron chi connectivity index (χ0n) is 20.7. The van der Waals surface area contributed by atoms with Gasteiger partial charge in [-0.3, -0.25) is 19.3 Å². The number of carbonyl (C=O) groups is 4. The topological polar surface area (TPSA) is 80.8 Å². The summed E-state index contributed by atoms with van der Waals surface area (Å²) in [5.41, 5.74) is 3.51. The van der Waals surface area contributed by atoms with Crippen molar-refractivity contribution >= 4 is 29.3 Å². The Morgan fingerprint density at radius 2 is 1.46 bits per heavy atom. The monoisotopic (exact) mass is 493 g/mol. The number of amides is 2. The van der Waals surface area contributed by atoms with Crippen molar-refractivity contribution in [2.75, 3.05) is 4.90 Å². The lowest BCUT2D eigenvalue weighted by Gasteiger charge is -2.19. The summed E-state index contributed by atoms with van der Waals surface area (Å²) >= 11 is 0. The van der Waals surface area contributed by atoms with Gasteiger partial charge in [0.25, 0.3) is 0 Å². The van der Waals surface area contributed by atoms with Crippen molar-refractivity contribution in [3.63, 3.8) is 0 Å². The van der Waals surface area contributed by atoms with E-state index in [2.05, 4.69) is 0 Å². The number of nitrogens with zero attached hydrogens (tertiary/aromatic N) is 1. The molecule has 0 saturated carbocycles. The van der Waals surface area contributed by atoms with E-state index in [1.165, 1.54) is 11.0 Å². The van der Waals surface area contributed by atoms with E-state index in [9.17, 15) is 19.2 Å². The third-order valence-corrected chi connectivity index (χ3v) is 7.20. The van der Waals surface area contributed by atoms with Gasteiger partial charge in [-0.2, -0.15) is 0 Å². The number of benzene rings is 3. The van der Waals surface area contributed by atoms with Crippen molar-refractivity contribution in [1.82, 2.24) is 0 Å². The van der Waals surface area contributed by atoms with E-state index in [0.717, 1.165) is 11.1 Å². The summed E-state index contributed by atoms with van der Waals surface area (Å²) in [4.78, 5) is 54.0. The van der Waals surface area contributed by atoms with Crippen LogP contribution in [-0.2, 0) is 14.3 Å². The fraction of sp³-hybridized carbons (Fsp3) is 0.226. The highest BCUT2D eigenvalue weighted by atomic mass is 16.5. The van der Waals surface area contributed by atoms with Gasteiger partial charge in [-0.25, -0.2) is 4.79 Å². The zero-order valence-corrected chi connectivity index (χ0v) is 20.7. The van der Waals surface area contributed by atoms with E-state index >= 15 is 0 Å². The van der Waals surface area contributed by atoms with E-state index in [1.807, 2.05) is 38.1 Å².